The van der Waals surface area contributed by atoms with E-state index < -0.39 is 0 Å². The summed E-state index contributed by atoms with van der Waals surface area (Å²) in [5.41, 5.74) is 3.41. The number of ether oxygens (including phenoxy) is 2. The van der Waals surface area contributed by atoms with Crippen LogP contribution in [0.15, 0.2) is 67.4 Å². The van der Waals surface area contributed by atoms with Crippen molar-refractivity contribution in [1.82, 2.24) is 29.5 Å². The number of pyridine rings is 1. The van der Waals surface area contributed by atoms with E-state index in [1.54, 1.807) is 10.8 Å². The number of anilines is 2. The van der Waals surface area contributed by atoms with Crippen LogP contribution in [0.1, 0.15) is 24.8 Å². The molecule has 9 nitrogen and oxygen atoms in total. The first-order chi connectivity index (χ1) is 18.1. The Morgan fingerprint density at radius 1 is 0.892 bits per heavy atom. The number of benzene rings is 2. The maximum atomic E-state index is 6.78. The molecular formula is C28H27N7O2. The third kappa shape index (κ3) is 4.11. The summed E-state index contributed by atoms with van der Waals surface area (Å²) in [6, 6.07) is 15.8. The molecule has 1 N–H and O–H groups in total. The Balaban J connectivity index is 1.17. The lowest BCUT2D eigenvalue weighted by Gasteiger charge is -2.48. The number of nitrogens with zero attached hydrogens (tertiary/aromatic N) is 6. The number of fused-ring (bicyclic) bond motifs is 5. The van der Waals surface area contributed by atoms with E-state index in [-0.39, 0.29) is 5.60 Å². The minimum Gasteiger partial charge on any atom is -0.486 e. The van der Waals surface area contributed by atoms with Crippen LogP contribution >= 0.6 is 0 Å². The molecule has 6 heterocycles. The quantitative estimate of drug-likeness (QED) is 0.348. The molecule has 5 aromatic rings. The van der Waals surface area contributed by atoms with Crippen molar-refractivity contribution < 1.29 is 9.47 Å². The van der Waals surface area contributed by atoms with Crippen molar-refractivity contribution in [1.29, 1.82) is 0 Å². The van der Waals surface area contributed by atoms with Crippen LogP contribution in [0, 0.1) is 6.92 Å². The molecule has 3 aliphatic rings. The molecule has 37 heavy (non-hydrogen) atoms. The average molecular weight is 494 g/mol. The molecule has 0 amide bonds. The van der Waals surface area contributed by atoms with Gasteiger partial charge in [0.1, 0.15) is 41.3 Å². The Labute approximate surface area is 214 Å². The van der Waals surface area contributed by atoms with Crippen molar-refractivity contribution in [3.05, 3.63) is 72.9 Å². The van der Waals surface area contributed by atoms with Gasteiger partial charge in [0.05, 0.1) is 10.9 Å². The van der Waals surface area contributed by atoms with E-state index in [1.807, 2.05) is 55.6 Å². The monoisotopic (exact) mass is 493 g/mol. The Morgan fingerprint density at radius 3 is 2.59 bits per heavy atom. The van der Waals surface area contributed by atoms with Gasteiger partial charge in [0.15, 0.2) is 5.65 Å². The summed E-state index contributed by atoms with van der Waals surface area (Å²) in [5.74, 6) is 3.06. The van der Waals surface area contributed by atoms with Crippen LogP contribution < -0.4 is 14.8 Å². The second-order valence-corrected chi connectivity index (χ2v) is 9.88. The van der Waals surface area contributed by atoms with Gasteiger partial charge < -0.3 is 19.7 Å². The normalized spacial score (nSPS) is 20.8. The Morgan fingerprint density at radius 2 is 1.76 bits per heavy atom. The zero-order valence-corrected chi connectivity index (χ0v) is 20.6. The predicted octanol–water partition coefficient (Wildman–Crippen LogP) is 5.13. The fourth-order valence-electron chi connectivity index (χ4n) is 5.41. The molecule has 0 saturated carbocycles. The lowest BCUT2D eigenvalue weighted by atomic mass is 9.83. The van der Waals surface area contributed by atoms with E-state index in [4.69, 9.17) is 9.47 Å². The van der Waals surface area contributed by atoms with Crippen LogP contribution in [-0.2, 0) is 0 Å². The maximum Gasteiger partial charge on any atom is 0.158 e. The van der Waals surface area contributed by atoms with Gasteiger partial charge in [-0.15, -0.1) is 0 Å². The van der Waals surface area contributed by atoms with Gasteiger partial charge in [-0.05, 0) is 68.1 Å². The van der Waals surface area contributed by atoms with Gasteiger partial charge in [-0.3, -0.25) is 0 Å². The summed E-state index contributed by atoms with van der Waals surface area (Å²) in [5, 5.41) is 8.54. The highest BCUT2D eigenvalue weighted by Crippen LogP contribution is 2.40. The molecule has 9 heteroatoms. The van der Waals surface area contributed by atoms with E-state index in [0.717, 1.165) is 84.0 Å². The van der Waals surface area contributed by atoms with Crippen LogP contribution in [0.4, 0.5) is 11.5 Å². The fraction of sp³-hybridized carbons (Fsp3) is 0.286. The van der Waals surface area contributed by atoms with E-state index in [9.17, 15) is 0 Å². The summed E-state index contributed by atoms with van der Waals surface area (Å²) in [6.07, 6.45) is 8.13. The molecule has 0 aliphatic carbocycles. The largest absolute Gasteiger partial charge is 0.486 e. The number of aryl methyl sites for hydroxylation is 1. The van der Waals surface area contributed by atoms with Crippen LogP contribution in [0.5, 0.6) is 17.2 Å². The van der Waals surface area contributed by atoms with Crippen molar-refractivity contribution in [2.24, 2.45) is 0 Å². The van der Waals surface area contributed by atoms with E-state index in [0.29, 0.717) is 5.75 Å². The fourth-order valence-corrected chi connectivity index (χ4v) is 5.41. The Hall–Kier alpha value is -4.24. The average Bonchev–Trinajstić information content (AvgIpc) is 3.39. The Bertz CT molecular complexity index is 1590. The smallest absolute Gasteiger partial charge is 0.158 e. The zero-order chi connectivity index (χ0) is 24.8. The zero-order valence-electron chi connectivity index (χ0n) is 20.6. The molecule has 3 aliphatic heterocycles. The number of aromatic nitrogens is 5. The van der Waals surface area contributed by atoms with Gasteiger partial charge >= 0.3 is 0 Å². The van der Waals surface area contributed by atoms with Gasteiger partial charge in [-0.25, -0.2) is 19.5 Å². The van der Waals surface area contributed by atoms with Crippen molar-refractivity contribution >= 4 is 28.1 Å². The third-order valence-electron chi connectivity index (χ3n) is 7.52. The predicted molar refractivity (Wildman–Crippen MR) is 141 cm³/mol. The molecule has 3 aromatic heterocycles. The van der Waals surface area contributed by atoms with Gasteiger partial charge in [0.2, 0.25) is 0 Å². The molecule has 8 rings (SSSR count). The second kappa shape index (κ2) is 8.70. The van der Waals surface area contributed by atoms with Gasteiger partial charge in [-0.1, -0.05) is 6.07 Å². The molecule has 0 radical (unpaired) electrons. The summed E-state index contributed by atoms with van der Waals surface area (Å²) >= 11 is 0. The van der Waals surface area contributed by atoms with Crippen LogP contribution in [-0.4, -0.2) is 54.7 Å². The summed E-state index contributed by atoms with van der Waals surface area (Å²) in [7, 11) is 0. The molecule has 3 fully saturated rings. The molecule has 0 unspecified atom stereocenters. The summed E-state index contributed by atoms with van der Waals surface area (Å²) in [4.78, 5) is 15.9. The van der Waals surface area contributed by atoms with Crippen molar-refractivity contribution in [3.8, 4) is 17.2 Å². The minimum absolute atomic E-state index is 0.0960. The molecule has 2 bridgehead atoms. The van der Waals surface area contributed by atoms with E-state index in [2.05, 4.69) is 36.3 Å². The van der Waals surface area contributed by atoms with Crippen LogP contribution in [0.3, 0.4) is 0 Å². The summed E-state index contributed by atoms with van der Waals surface area (Å²) in [6.45, 7) is 5.34. The first-order valence-corrected chi connectivity index (χ1v) is 12.6. The second-order valence-electron chi connectivity index (χ2n) is 9.88. The highest BCUT2D eigenvalue weighted by Gasteiger charge is 2.41. The molecular weight excluding hydrogens is 466 g/mol. The highest BCUT2D eigenvalue weighted by atomic mass is 16.5. The van der Waals surface area contributed by atoms with Gasteiger partial charge in [-0.2, -0.15) is 5.10 Å². The van der Waals surface area contributed by atoms with E-state index >= 15 is 0 Å². The molecule has 186 valence electrons. The van der Waals surface area contributed by atoms with Crippen molar-refractivity contribution in [3.63, 3.8) is 0 Å². The molecule has 0 atom stereocenters. The third-order valence-corrected chi connectivity index (χ3v) is 7.52. The Kier molecular flexibility index (Phi) is 5.17. The lowest BCUT2D eigenvalue weighted by molar-refractivity contribution is -0.0502. The maximum absolute atomic E-state index is 6.78. The summed E-state index contributed by atoms with van der Waals surface area (Å²) < 4.78 is 14.6. The van der Waals surface area contributed by atoms with Crippen molar-refractivity contribution in [2.75, 3.05) is 25.0 Å². The first-order valence-electron chi connectivity index (χ1n) is 12.6. The van der Waals surface area contributed by atoms with Crippen LogP contribution in [0.25, 0.3) is 16.6 Å². The van der Waals surface area contributed by atoms with Gasteiger partial charge in [0.25, 0.3) is 0 Å². The standard InChI is InChI=1S/C28H27N7O2/c1-19-15-20(5-6-23(19)36-21-7-11-35-25(16-21)30-18-32-35)33-27-26-22(29-17-31-27)3-2-4-24(26)37-28-8-12-34(13-9-28)14-10-28/h2-7,11,15-18H,8-10,12-14H2,1H3,(H,29,31,33). The molecule has 2 aromatic carbocycles. The number of nitrogens with one attached hydrogen (secondary N) is 1. The molecule has 0 spiro atoms. The van der Waals surface area contributed by atoms with Gasteiger partial charge in [0, 0.05) is 37.6 Å². The number of hydrogen-bond acceptors (Lipinski definition) is 8. The minimum atomic E-state index is -0.0960. The molecule has 3 saturated heterocycles. The number of hydrogen-bond donors (Lipinski definition) is 1. The van der Waals surface area contributed by atoms with Crippen molar-refractivity contribution in [2.45, 2.75) is 31.8 Å². The SMILES string of the molecule is Cc1cc(Nc2ncnc3cccc(OC45CCN(CC4)CC5)c23)ccc1Oc1ccn2ncnc2c1. The number of piperidine rings is 3. The van der Waals surface area contributed by atoms with Crippen LogP contribution in [0.2, 0.25) is 0 Å². The topological polar surface area (TPSA) is 89.7 Å². The van der Waals surface area contributed by atoms with E-state index in [1.165, 1.54) is 6.33 Å². The lowest BCUT2D eigenvalue weighted by Crippen LogP contribution is -2.55. The number of rotatable bonds is 6. The first kappa shape index (κ1) is 22.0. The highest BCUT2D eigenvalue weighted by molar-refractivity contribution is 5.95.